The third kappa shape index (κ3) is 4.53. The quantitative estimate of drug-likeness (QED) is 0.721. The Balaban J connectivity index is 2.13. The van der Waals surface area contributed by atoms with Crippen LogP contribution in [0.4, 0.5) is 0 Å². The summed E-state index contributed by atoms with van der Waals surface area (Å²) in [7, 11) is 0. The summed E-state index contributed by atoms with van der Waals surface area (Å²) in [6.07, 6.45) is 3.00. The Hall–Kier alpha value is -1.94. The van der Waals surface area contributed by atoms with Crippen LogP contribution < -0.4 is 0 Å². The van der Waals surface area contributed by atoms with Gasteiger partial charge in [-0.3, -0.25) is 0 Å². The summed E-state index contributed by atoms with van der Waals surface area (Å²) in [5, 5.41) is 0. The molecule has 0 aliphatic heterocycles. The van der Waals surface area contributed by atoms with Crippen LogP contribution in [0.25, 0.3) is 0 Å². The van der Waals surface area contributed by atoms with Gasteiger partial charge in [-0.05, 0) is 0 Å². The zero-order chi connectivity index (χ0) is 16.2. The van der Waals surface area contributed by atoms with Crippen molar-refractivity contribution in [3.8, 4) is 0 Å². The minimum absolute atomic E-state index is 0.181. The van der Waals surface area contributed by atoms with E-state index in [9.17, 15) is 9.59 Å². The van der Waals surface area contributed by atoms with Crippen molar-refractivity contribution in [3.63, 3.8) is 0 Å². The molecule has 2 rings (SSSR count). The summed E-state index contributed by atoms with van der Waals surface area (Å²) < 4.78 is 11.1. The third-order valence-corrected chi connectivity index (χ3v) is 7.03. The molecule has 0 bridgehead atoms. The standard InChI is InChI=1S/2C6H5NO2.3CH3.Sb/c2*8-6(9)5-3-1-2-4-7-5;;;;/h2*1-4H,(H,8,9);3*1H3;/q;;;;;+2/p-2. The topological polar surface area (TPSA) is 78.4 Å². The second kappa shape index (κ2) is 6.05. The van der Waals surface area contributed by atoms with Crippen molar-refractivity contribution in [1.29, 1.82) is 0 Å². The number of hydrogen-bond donors (Lipinski definition) is 0. The number of pyridine rings is 2. The number of carbonyl (C=O) groups excluding carboxylic acids is 2. The van der Waals surface area contributed by atoms with Gasteiger partial charge in [-0.25, -0.2) is 0 Å². The Bertz CT molecular complexity index is 623. The molecule has 0 saturated heterocycles. The van der Waals surface area contributed by atoms with Crippen LogP contribution in [-0.4, -0.2) is 40.1 Å². The molecule has 2 aromatic heterocycles. The molecule has 0 N–H and O–H groups in total. The average Bonchev–Trinajstić information content (AvgIpc) is 2.47. The van der Waals surface area contributed by atoms with Gasteiger partial charge in [0.15, 0.2) is 0 Å². The first-order valence-electron chi connectivity index (χ1n) is 6.56. The van der Waals surface area contributed by atoms with Crippen molar-refractivity contribution >= 4 is 30.2 Å². The summed E-state index contributed by atoms with van der Waals surface area (Å²) >= 11 is -4.32. The van der Waals surface area contributed by atoms with E-state index in [-0.39, 0.29) is 11.4 Å². The fraction of sp³-hybridized carbons (Fsp3) is 0.200. The molecule has 6 nitrogen and oxygen atoms in total. The fourth-order valence-corrected chi connectivity index (χ4v) is 5.51. The number of rotatable bonds is 4. The van der Waals surface area contributed by atoms with E-state index in [4.69, 9.17) is 6.03 Å². The number of hydrogen-bond acceptors (Lipinski definition) is 6. The molecular weight excluding hydrogens is 394 g/mol. The first-order valence-corrected chi connectivity index (χ1v) is 16.3. The molecule has 0 aliphatic carbocycles. The van der Waals surface area contributed by atoms with E-state index in [0.717, 1.165) is 0 Å². The molecule has 0 spiro atoms. The first-order chi connectivity index (χ1) is 10.2. The van der Waals surface area contributed by atoms with Crippen LogP contribution in [0.2, 0.25) is 14.6 Å². The molecule has 7 heteroatoms. The van der Waals surface area contributed by atoms with Gasteiger partial charge in [0, 0.05) is 0 Å². The van der Waals surface area contributed by atoms with Crippen LogP contribution >= 0.6 is 0 Å². The molecule has 0 radical (unpaired) electrons. The zero-order valence-electron chi connectivity index (χ0n) is 12.6. The van der Waals surface area contributed by atoms with Crippen molar-refractivity contribution in [2.45, 2.75) is 14.6 Å². The second-order valence-electron chi connectivity index (χ2n) is 5.70. The van der Waals surface area contributed by atoms with Crippen molar-refractivity contribution < 1.29 is 15.6 Å². The van der Waals surface area contributed by atoms with Crippen LogP contribution in [0.3, 0.4) is 0 Å². The van der Waals surface area contributed by atoms with E-state index >= 15 is 0 Å². The van der Waals surface area contributed by atoms with Crippen LogP contribution in [0.5, 0.6) is 0 Å². The molecule has 0 saturated carbocycles. The van der Waals surface area contributed by atoms with E-state index in [0.29, 0.717) is 0 Å². The maximum absolute atomic E-state index is 12.1. The van der Waals surface area contributed by atoms with Crippen molar-refractivity contribution in [3.05, 3.63) is 60.2 Å². The molecule has 2 heterocycles. The molecule has 0 fully saturated rings. The van der Waals surface area contributed by atoms with Gasteiger partial charge >= 0.3 is 131 Å². The number of aromatic nitrogens is 2. The Morgan fingerprint density at radius 3 is 1.55 bits per heavy atom. The molecule has 0 unspecified atom stereocenters. The SMILES string of the molecule is [CH3][Sb]([CH3])([CH3])([O]C(=O)c1ccccn1)[O]C(=O)c1ccccn1. The molecule has 22 heavy (non-hydrogen) atoms. The molecular formula is C15H17N2O4Sb. The van der Waals surface area contributed by atoms with E-state index in [1.54, 1.807) is 51.0 Å². The van der Waals surface area contributed by atoms with Gasteiger partial charge in [0.2, 0.25) is 0 Å². The van der Waals surface area contributed by atoms with Crippen LogP contribution in [0, 0.1) is 0 Å². The molecule has 0 aliphatic rings. The fourth-order valence-electron chi connectivity index (χ4n) is 1.64. The monoisotopic (exact) mass is 410 g/mol. The normalized spacial score (nSPS) is 12.8. The summed E-state index contributed by atoms with van der Waals surface area (Å²) in [4.78, 5) is 37.2. The Labute approximate surface area is 130 Å². The zero-order valence-corrected chi connectivity index (χ0v) is 15.1. The third-order valence-electron chi connectivity index (χ3n) is 2.54. The maximum atomic E-state index is 12.1. The van der Waals surface area contributed by atoms with Crippen molar-refractivity contribution in [1.82, 2.24) is 9.97 Å². The molecule has 116 valence electrons. The first kappa shape index (κ1) is 16.4. The van der Waals surface area contributed by atoms with Crippen LogP contribution in [0.15, 0.2) is 48.8 Å². The number of nitrogens with zero attached hydrogens (tertiary/aromatic N) is 2. The second-order valence-corrected chi connectivity index (χ2v) is 21.1. The summed E-state index contributed by atoms with van der Waals surface area (Å²) in [6.45, 7) is 0. The summed E-state index contributed by atoms with van der Waals surface area (Å²) in [5.74, 6) is -1.19. The molecule has 0 aromatic carbocycles. The van der Waals surface area contributed by atoms with Crippen LogP contribution in [-0.2, 0) is 6.03 Å². The van der Waals surface area contributed by atoms with Gasteiger partial charge in [0.05, 0.1) is 0 Å². The molecule has 0 atom stereocenters. The Morgan fingerprint density at radius 2 is 1.23 bits per heavy atom. The molecule has 2 aromatic rings. The Kier molecular flexibility index (Phi) is 4.52. The Morgan fingerprint density at radius 1 is 0.818 bits per heavy atom. The predicted octanol–water partition coefficient (Wildman–Crippen LogP) is 2.78. The number of carbonyl (C=O) groups is 2. The van der Waals surface area contributed by atoms with Gasteiger partial charge in [-0.1, -0.05) is 0 Å². The van der Waals surface area contributed by atoms with Gasteiger partial charge in [0.1, 0.15) is 0 Å². The van der Waals surface area contributed by atoms with Gasteiger partial charge in [-0.15, -0.1) is 0 Å². The van der Waals surface area contributed by atoms with Crippen LogP contribution in [0.1, 0.15) is 21.0 Å². The van der Waals surface area contributed by atoms with E-state index in [2.05, 4.69) is 9.97 Å². The molecule has 0 amide bonds. The van der Waals surface area contributed by atoms with Crippen molar-refractivity contribution in [2.24, 2.45) is 0 Å². The van der Waals surface area contributed by atoms with E-state index < -0.39 is 30.2 Å². The van der Waals surface area contributed by atoms with Gasteiger partial charge in [-0.2, -0.15) is 0 Å². The minimum atomic E-state index is -4.32. The summed E-state index contributed by atoms with van der Waals surface area (Å²) in [6, 6.07) is 9.88. The average molecular weight is 411 g/mol. The van der Waals surface area contributed by atoms with Gasteiger partial charge in [0.25, 0.3) is 0 Å². The van der Waals surface area contributed by atoms with E-state index in [1.165, 1.54) is 12.4 Å². The van der Waals surface area contributed by atoms with E-state index in [1.807, 2.05) is 0 Å². The van der Waals surface area contributed by atoms with Gasteiger partial charge < -0.3 is 0 Å². The van der Waals surface area contributed by atoms with Crippen molar-refractivity contribution in [2.75, 3.05) is 0 Å². The summed E-state index contributed by atoms with van der Waals surface area (Å²) in [5.41, 5.74) is 0.361. The predicted molar refractivity (Wildman–Crippen MR) is 82.7 cm³/mol.